The molecule has 1 aliphatic heterocycles. The lowest BCUT2D eigenvalue weighted by Crippen LogP contribution is -2.44. The van der Waals surface area contributed by atoms with E-state index in [1.165, 1.54) is 12.8 Å². The molecule has 0 aromatic carbocycles. The second-order valence-electron chi connectivity index (χ2n) is 6.37. The van der Waals surface area contributed by atoms with Crippen molar-refractivity contribution in [3.63, 3.8) is 0 Å². The molecular weight excluding hydrogens is 224 g/mol. The smallest absolute Gasteiger partial charge is 0.240 e. The van der Waals surface area contributed by atoms with Crippen molar-refractivity contribution in [3.05, 3.63) is 0 Å². The highest BCUT2D eigenvalue weighted by Crippen LogP contribution is 2.19. The van der Waals surface area contributed by atoms with Crippen LogP contribution in [-0.4, -0.2) is 35.5 Å². The molecule has 1 amide bonds. The Labute approximate surface area is 112 Å². The highest BCUT2D eigenvalue weighted by Gasteiger charge is 2.33. The number of carbonyl (C=O) groups is 1. The van der Waals surface area contributed by atoms with Crippen molar-refractivity contribution < 1.29 is 4.79 Å². The number of rotatable bonds is 7. The molecule has 0 aromatic heterocycles. The summed E-state index contributed by atoms with van der Waals surface area (Å²) in [6.45, 7) is 11.8. The van der Waals surface area contributed by atoms with Gasteiger partial charge in [0.25, 0.3) is 0 Å². The van der Waals surface area contributed by atoms with E-state index in [0.29, 0.717) is 18.0 Å². The van der Waals surface area contributed by atoms with E-state index in [-0.39, 0.29) is 6.04 Å². The Hall–Kier alpha value is -0.570. The Kier molecular flexibility index (Phi) is 6.13. The number of hydrogen-bond donors (Lipinski definition) is 1. The van der Waals surface area contributed by atoms with Crippen molar-refractivity contribution in [2.75, 3.05) is 6.54 Å². The van der Waals surface area contributed by atoms with Crippen LogP contribution in [0.25, 0.3) is 0 Å². The van der Waals surface area contributed by atoms with E-state index in [4.69, 9.17) is 0 Å². The average molecular weight is 254 g/mol. The molecule has 3 nitrogen and oxygen atoms in total. The summed E-state index contributed by atoms with van der Waals surface area (Å²) in [5.74, 6) is 1.07. The maximum Gasteiger partial charge on any atom is 0.240 e. The average Bonchev–Trinajstić information content (AvgIpc) is 2.59. The fourth-order valence-electron chi connectivity index (χ4n) is 2.67. The number of carbonyl (C=O) groups excluding carboxylic acids is 1. The van der Waals surface area contributed by atoms with Crippen LogP contribution in [0.15, 0.2) is 0 Å². The second kappa shape index (κ2) is 7.13. The van der Waals surface area contributed by atoms with Gasteiger partial charge >= 0.3 is 0 Å². The minimum atomic E-state index is 0.0533. The van der Waals surface area contributed by atoms with E-state index in [1.54, 1.807) is 0 Å². The number of nitrogens with zero attached hydrogens (tertiary/aromatic N) is 1. The van der Waals surface area contributed by atoms with Crippen molar-refractivity contribution in [2.24, 2.45) is 5.92 Å². The summed E-state index contributed by atoms with van der Waals surface area (Å²) >= 11 is 0. The van der Waals surface area contributed by atoms with Crippen LogP contribution in [0.5, 0.6) is 0 Å². The van der Waals surface area contributed by atoms with Crippen molar-refractivity contribution >= 4 is 5.91 Å². The van der Waals surface area contributed by atoms with Gasteiger partial charge in [0.1, 0.15) is 0 Å². The Morgan fingerprint density at radius 2 is 1.89 bits per heavy atom. The van der Waals surface area contributed by atoms with Crippen molar-refractivity contribution in [3.8, 4) is 0 Å². The molecule has 0 radical (unpaired) electrons. The normalized spacial score (nSPS) is 22.3. The molecule has 1 aliphatic rings. The van der Waals surface area contributed by atoms with Gasteiger partial charge in [-0.1, -0.05) is 40.5 Å². The van der Waals surface area contributed by atoms with Crippen LogP contribution in [0, 0.1) is 5.92 Å². The SMILES string of the molecule is CC(C)CCCC(C)N1CCC(NC(C)C)C1=O. The monoisotopic (exact) mass is 254 g/mol. The molecule has 2 atom stereocenters. The van der Waals surface area contributed by atoms with Gasteiger partial charge in [0, 0.05) is 18.6 Å². The van der Waals surface area contributed by atoms with Crippen LogP contribution in [0.3, 0.4) is 0 Å². The van der Waals surface area contributed by atoms with E-state index in [9.17, 15) is 4.79 Å². The zero-order valence-corrected chi connectivity index (χ0v) is 12.7. The Bertz CT molecular complexity index is 263. The van der Waals surface area contributed by atoms with Gasteiger partial charge in [-0.2, -0.15) is 0 Å². The largest absolute Gasteiger partial charge is 0.339 e. The molecular formula is C15H30N2O. The lowest BCUT2D eigenvalue weighted by molar-refractivity contribution is -0.131. The molecule has 1 saturated heterocycles. The lowest BCUT2D eigenvalue weighted by Gasteiger charge is -2.25. The van der Waals surface area contributed by atoms with Crippen molar-refractivity contribution in [1.29, 1.82) is 0 Å². The summed E-state index contributed by atoms with van der Waals surface area (Å²) in [5.41, 5.74) is 0. The summed E-state index contributed by atoms with van der Waals surface area (Å²) in [6.07, 6.45) is 4.59. The van der Waals surface area contributed by atoms with E-state index < -0.39 is 0 Å². The maximum absolute atomic E-state index is 12.2. The van der Waals surface area contributed by atoms with Gasteiger partial charge in [-0.05, 0) is 25.7 Å². The van der Waals surface area contributed by atoms with Gasteiger partial charge in [0.15, 0.2) is 0 Å². The highest BCUT2D eigenvalue weighted by molar-refractivity contribution is 5.84. The summed E-state index contributed by atoms with van der Waals surface area (Å²) in [7, 11) is 0. The summed E-state index contributed by atoms with van der Waals surface area (Å²) < 4.78 is 0. The van der Waals surface area contributed by atoms with Gasteiger partial charge in [0.2, 0.25) is 5.91 Å². The molecule has 0 saturated carbocycles. The third-order valence-corrected chi connectivity index (χ3v) is 3.71. The van der Waals surface area contributed by atoms with Crippen LogP contribution in [0.4, 0.5) is 0 Å². The maximum atomic E-state index is 12.2. The molecule has 1 rings (SSSR count). The summed E-state index contributed by atoms with van der Waals surface area (Å²) in [4.78, 5) is 14.3. The minimum absolute atomic E-state index is 0.0533. The summed E-state index contributed by atoms with van der Waals surface area (Å²) in [5, 5.41) is 3.36. The van der Waals surface area contributed by atoms with Crippen LogP contribution in [0.2, 0.25) is 0 Å². The Morgan fingerprint density at radius 3 is 2.44 bits per heavy atom. The molecule has 1 N–H and O–H groups in total. The topological polar surface area (TPSA) is 32.3 Å². The third kappa shape index (κ3) is 4.60. The zero-order chi connectivity index (χ0) is 13.7. The molecule has 2 unspecified atom stereocenters. The predicted molar refractivity (Wildman–Crippen MR) is 76.5 cm³/mol. The zero-order valence-electron chi connectivity index (χ0n) is 12.7. The third-order valence-electron chi connectivity index (χ3n) is 3.71. The Balaban J connectivity index is 2.36. The molecule has 106 valence electrons. The van der Waals surface area contributed by atoms with E-state index in [0.717, 1.165) is 25.3 Å². The van der Waals surface area contributed by atoms with E-state index in [1.807, 2.05) is 0 Å². The number of likely N-dealkylation sites (tertiary alicyclic amines) is 1. The second-order valence-corrected chi connectivity index (χ2v) is 6.37. The molecule has 3 heteroatoms. The molecule has 0 spiro atoms. The van der Waals surface area contributed by atoms with Crippen LogP contribution in [-0.2, 0) is 4.79 Å². The van der Waals surface area contributed by atoms with Gasteiger partial charge in [-0.3, -0.25) is 4.79 Å². The van der Waals surface area contributed by atoms with Gasteiger partial charge in [-0.15, -0.1) is 0 Å². The van der Waals surface area contributed by atoms with E-state index in [2.05, 4.69) is 44.8 Å². The first-order chi connectivity index (χ1) is 8.41. The van der Waals surface area contributed by atoms with Crippen LogP contribution < -0.4 is 5.32 Å². The fourth-order valence-corrected chi connectivity index (χ4v) is 2.67. The molecule has 18 heavy (non-hydrogen) atoms. The van der Waals surface area contributed by atoms with Gasteiger partial charge in [-0.25, -0.2) is 0 Å². The number of nitrogens with one attached hydrogen (secondary N) is 1. The minimum Gasteiger partial charge on any atom is -0.339 e. The first-order valence-corrected chi connectivity index (χ1v) is 7.48. The highest BCUT2D eigenvalue weighted by atomic mass is 16.2. The van der Waals surface area contributed by atoms with E-state index >= 15 is 0 Å². The number of amides is 1. The quantitative estimate of drug-likeness (QED) is 0.757. The molecule has 1 fully saturated rings. The fraction of sp³-hybridized carbons (Fsp3) is 0.933. The lowest BCUT2D eigenvalue weighted by atomic mass is 10.0. The standard InChI is InChI=1S/C15H30N2O/c1-11(2)7-6-8-13(5)17-10-9-14(15(17)18)16-12(3)4/h11-14,16H,6-10H2,1-5H3. The van der Waals surface area contributed by atoms with Gasteiger partial charge < -0.3 is 10.2 Å². The first kappa shape index (κ1) is 15.5. The predicted octanol–water partition coefficient (Wildman–Crippen LogP) is 2.80. The first-order valence-electron chi connectivity index (χ1n) is 7.48. The Morgan fingerprint density at radius 1 is 1.22 bits per heavy atom. The molecule has 0 bridgehead atoms. The molecule has 0 aliphatic carbocycles. The van der Waals surface area contributed by atoms with Crippen LogP contribution in [0.1, 0.15) is 60.3 Å². The van der Waals surface area contributed by atoms with Gasteiger partial charge in [0.05, 0.1) is 6.04 Å². The van der Waals surface area contributed by atoms with Crippen molar-refractivity contribution in [2.45, 2.75) is 78.4 Å². The molecule has 0 aromatic rings. The number of hydrogen-bond acceptors (Lipinski definition) is 2. The molecule has 1 heterocycles. The summed E-state index contributed by atoms with van der Waals surface area (Å²) in [6, 6.07) is 0.836. The van der Waals surface area contributed by atoms with Crippen molar-refractivity contribution in [1.82, 2.24) is 10.2 Å². The van der Waals surface area contributed by atoms with Crippen LogP contribution >= 0.6 is 0 Å².